The molecule has 1 aliphatic rings. The van der Waals surface area contributed by atoms with E-state index in [9.17, 15) is 0 Å². The van der Waals surface area contributed by atoms with Crippen LogP contribution >= 0.6 is 11.6 Å². The molecule has 4 nitrogen and oxygen atoms in total. The van der Waals surface area contributed by atoms with Gasteiger partial charge >= 0.3 is 0 Å². The van der Waals surface area contributed by atoms with Crippen LogP contribution in [0.15, 0.2) is 6.33 Å². The molecular formula is C9H13ClN4. The number of anilines is 2. The van der Waals surface area contributed by atoms with Crippen molar-refractivity contribution in [2.24, 2.45) is 0 Å². The summed E-state index contributed by atoms with van der Waals surface area (Å²) >= 11 is 5.84. The fraction of sp³-hybridized carbons (Fsp3) is 0.556. The molecule has 0 aliphatic carbocycles. The van der Waals surface area contributed by atoms with Crippen LogP contribution in [0.4, 0.5) is 11.5 Å². The fourth-order valence-electron chi connectivity index (χ4n) is 1.84. The highest BCUT2D eigenvalue weighted by Crippen LogP contribution is 2.30. The van der Waals surface area contributed by atoms with Gasteiger partial charge < -0.3 is 10.6 Å². The molecule has 0 amide bonds. The van der Waals surface area contributed by atoms with E-state index in [1.165, 1.54) is 19.2 Å². The van der Waals surface area contributed by atoms with Crippen LogP contribution in [0.2, 0.25) is 5.15 Å². The number of nitrogens with two attached hydrogens (primary N) is 1. The van der Waals surface area contributed by atoms with Crippen LogP contribution in [-0.4, -0.2) is 22.6 Å². The standard InChI is InChI=1S/C9H13ClN4/c1-6-3-2-4-14(6)9-7(11)8(10)12-5-13-9/h5-6H,2-4,11H2,1H3. The molecule has 2 rings (SSSR count). The Balaban J connectivity index is 2.36. The summed E-state index contributed by atoms with van der Waals surface area (Å²) in [7, 11) is 0. The summed E-state index contributed by atoms with van der Waals surface area (Å²) in [5.41, 5.74) is 6.31. The molecule has 1 aromatic rings. The number of rotatable bonds is 1. The van der Waals surface area contributed by atoms with E-state index in [1.807, 2.05) is 0 Å². The minimum Gasteiger partial charge on any atom is -0.393 e. The third kappa shape index (κ3) is 1.50. The van der Waals surface area contributed by atoms with E-state index in [-0.39, 0.29) is 0 Å². The first-order valence-corrected chi connectivity index (χ1v) is 5.10. The molecule has 1 atom stereocenters. The van der Waals surface area contributed by atoms with E-state index in [1.54, 1.807) is 0 Å². The largest absolute Gasteiger partial charge is 0.393 e. The second kappa shape index (κ2) is 3.61. The molecule has 14 heavy (non-hydrogen) atoms. The van der Waals surface area contributed by atoms with Gasteiger partial charge in [-0.15, -0.1) is 0 Å². The summed E-state index contributed by atoms with van der Waals surface area (Å²) in [4.78, 5) is 10.2. The minimum atomic E-state index is 0.342. The van der Waals surface area contributed by atoms with E-state index in [0.29, 0.717) is 16.9 Å². The maximum Gasteiger partial charge on any atom is 0.157 e. The quantitative estimate of drug-likeness (QED) is 0.720. The average molecular weight is 213 g/mol. The summed E-state index contributed by atoms with van der Waals surface area (Å²) in [5, 5.41) is 0.342. The molecule has 5 heteroatoms. The monoisotopic (exact) mass is 212 g/mol. The van der Waals surface area contributed by atoms with E-state index >= 15 is 0 Å². The second-order valence-corrected chi connectivity index (χ2v) is 3.94. The Bertz CT molecular complexity index is 342. The number of hydrogen-bond donors (Lipinski definition) is 1. The first-order valence-electron chi connectivity index (χ1n) is 4.72. The predicted octanol–water partition coefficient (Wildman–Crippen LogP) is 1.70. The van der Waals surface area contributed by atoms with Crippen molar-refractivity contribution >= 4 is 23.1 Å². The van der Waals surface area contributed by atoms with Crippen molar-refractivity contribution in [1.82, 2.24) is 9.97 Å². The van der Waals surface area contributed by atoms with Gasteiger partial charge in [0.15, 0.2) is 11.0 Å². The lowest BCUT2D eigenvalue weighted by Crippen LogP contribution is -2.28. The average Bonchev–Trinajstić information content (AvgIpc) is 2.57. The van der Waals surface area contributed by atoms with Gasteiger partial charge in [-0.1, -0.05) is 11.6 Å². The van der Waals surface area contributed by atoms with Gasteiger partial charge in [0.1, 0.15) is 12.0 Å². The Labute approximate surface area is 88.1 Å². The summed E-state index contributed by atoms with van der Waals surface area (Å²) in [6.45, 7) is 3.17. The summed E-state index contributed by atoms with van der Waals surface area (Å²) < 4.78 is 0. The summed E-state index contributed by atoms with van der Waals surface area (Å²) in [6, 6.07) is 0.489. The molecule has 2 heterocycles. The molecule has 1 unspecified atom stereocenters. The van der Waals surface area contributed by atoms with Crippen molar-refractivity contribution < 1.29 is 0 Å². The molecule has 1 fully saturated rings. The second-order valence-electron chi connectivity index (χ2n) is 3.59. The molecule has 1 aliphatic heterocycles. The van der Waals surface area contributed by atoms with Gasteiger partial charge in [0.2, 0.25) is 0 Å². The number of aromatic nitrogens is 2. The molecule has 2 N–H and O–H groups in total. The predicted molar refractivity (Wildman–Crippen MR) is 57.5 cm³/mol. The maximum absolute atomic E-state index is 5.84. The first-order chi connectivity index (χ1) is 6.70. The van der Waals surface area contributed by atoms with Gasteiger partial charge in [-0.25, -0.2) is 9.97 Å². The third-order valence-corrected chi connectivity index (χ3v) is 2.94. The topological polar surface area (TPSA) is 55.0 Å². The lowest BCUT2D eigenvalue weighted by molar-refractivity contribution is 0.727. The molecule has 0 spiro atoms. The minimum absolute atomic E-state index is 0.342. The molecule has 1 saturated heterocycles. The summed E-state index contributed by atoms with van der Waals surface area (Å²) in [5.74, 6) is 0.773. The molecule has 0 bridgehead atoms. The highest BCUT2D eigenvalue weighted by Gasteiger charge is 2.24. The number of nitrogens with zero attached hydrogens (tertiary/aromatic N) is 3. The van der Waals surface area contributed by atoms with Gasteiger partial charge in [-0.3, -0.25) is 0 Å². The number of nitrogen functional groups attached to an aromatic ring is 1. The number of hydrogen-bond acceptors (Lipinski definition) is 4. The normalized spacial score (nSPS) is 21.6. The Morgan fingerprint density at radius 1 is 1.57 bits per heavy atom. The van der Waals surface area contributed by atoms with Gasteiger partial charge in [0.25, 0.3) is 0 Å². The lowest BCUT2D eigenvalue weighted by atomic mass is 10.2. The molecule has 0 aromatic carbocycles. The Morgan fingerprint density at radius 3 is 3.00 bits per heavy atom. The Hall–Kier alpha value is -1.03. The highest BCUT2D eigenvalue weighted by molar-refractivity contribution is 6.32. The summed E-state index contributed by atoms with van der Waals surface area (Å²) in [6.07, 6.45) is 3.82. The van der Waals surface area contributed by atoms with Crippen molar-refractivity contribution in [2.75, 3.05) is 17.2 Å². The van der Waals surface area contributed by atoms with Crippen molar-refractivity contribution in [1.29, 1.82) is 0 Å². The fourth-order valence-corrected chi connectivity index (χ4v) is 1.97. The smallest absolute Gasteiger partial charge is 0.157 e. The van der Waals surface area contributed by atoms with Crippen molar-refractivity contribution in [2.45, 2.75) is 25.8 Å². The van der Waals surface area contributed by atoms with Crippen LogP contribution in [0.5, 0.6) is 0 Å². The zero-order valence-corrected chi connectivity index (χ0v) is 8.83. The van der Waals surface area contributed by atoms with Gasteiger partial charge in [0, 0.05) is 12.6 Å². The molecule has 76 valence electrons. The van der Waals surface area contributed by atoms with Crippen molar-refractivity contribution in [3.8, 4) is 0 Å². The van der Waals surface area contributed by atoms with E-state index in [2.05, 4.69) is 21.8 Å². The van der Waals surface area contributed by atoms with Crippen LogP contribution in [-0.2, 0) is 0 Å². The SMILES string of the molecule is CC1CCCN1c1ncnc(Cl)c1N. The number of halogens is 1. The van der Waals surface area contributed by atoms with Crippen LogP contribution in [0.3, 0.4) is 0 Å². The maximum atomic E-state index is 5.84. The van der Waals surface area contributed by atoms with E-state index in [4.69, 9.17) is 17.3 Å². The highest BCUT2D eigenvalue weighted by atomic mass is 35.5. The van der Waals surface area contributed by atoms with Crippen molar-refractivity contribution in [3.05, 3.63) is 11.5 Å². The molecular weight excluding hydrogens is 200 g/mol. The molecule has 0 saturated carbocycles. The van der Waals surface area contributed by atoms with E-state index in [0.717, 1.165) is 12.4 Å². The molecule has 1 aromatic heterocycles. The van der Waals surface area contributed by atoms with Crippen LogP contribution in [0.25, 0.3) is 0 Å². The Kier molecular flexibility index (Phi) is 2.46. The lowest BCUT2D eigenvalue weighted by Gasteiger charge is -2.23. The van der Waals surface area contributed by atoms with Crippen LogP contribution < -0.4 is 10.6 Å². The van der Waals surface area contributed by atoms with Crippen LogP contribution in [0, 0.1) is 0 Å². The third-order valence-electron chi connectivity index (χ3n) is 2.64. The zero-order chi connectivity index (χ0) is 10.1. The van der Waals surface area contributed by atoms with Crippen LogP contribution in [0.1, 0.15) is 19.8 Å². The molecule has 0 radical (unpaired) electrons. The first kappa shape index (κ1) is 9.52. The zero-order valence-electron chi connectivity index (χ0n) is 8.07. The van der Waals surface area contributed by atoms with Gasteiger partial charge in [0.05, 0.1) is 0 Å². The van der Waals surface area contributed by atoms with Crippen molar-refractivity contribution in [3.63, 3.8) is 0 Å². The van der Waals surface area contributed by atoms with E-state index < -0.39 is 0 Å². The van der Waals surface area contributed by atoms with Gasteiger partial charge in [-0.2, -0.15) is 0 Å². The van der Waals surface area contributed by atoms with Gasteiger partial charge in [-0.05, 0) is 19.8 Å². The Morgan fingerprint density at radius 2 is 2.36 bits per heavy atom.